The molecule has 0 aliphatic rings. The second kappa shape index (κ2) is 6.72. The number of furan rings is 1. The molecule has 4 aromatic rings. The highest BCUT2D eigenvalue weighted by atomic mass is 19.1. The molecule has 0 saturated heterocycles. The summed E-state index contributed by atoms with van der Waals surface area (Å²) in [5.41, 5.74) is 3.54. The Morgan fingerprint density at radius 2 is 1.65 bits per heavy atom. The molecule has 0 saturated carbocycles. The van der Waals surface area contributed by atoms with Crippen molar-refractivity contribution >= 4 is 33.9 Å². The summed E-state index contributed by atoms with van der Waals surface area (Å²) in [7, 11) is 0. The Labute approximate surface area is 149 Å². The van der Waals surface area contributed by atoms with Gasteiger partial charge in [-0.2, -0.15) is 0 Å². The number of fused-ring (bicyclic) bond motifs is 1. The molecule has 3 aromatic carbocycles. The molecule has 128 valence electrons. The SMILES string of the molecule is O=C(Nc1ccc(Nc2cccc3occc23)cc1)c1cccc(F)c1. The van der Waals surface area contributed by atoms with Crippen LogP contribution < -0.4 is 10.6 Å². The van der Waals surface area contributed by atoms with Gasteiger partial charge in [0.25, 0.3) is 5.91 Å². The minimum absolute atomic E-state index is 0.277. The van der Waals surface area contributed by atoms with Crippen LogP contribution in [0.1, 0.15) is 10.4 Å². The molecule has 1 amide bonds. The van der Waals surface area contributed by atoms with Crippen LogP contribution in [0.5, 0.6) is 0 Å². The number of amides is 1. The highest BCUT2D eigenvalue weighted by Gasteiger charge is 2.07. The second-order valence-electron chi connectivity index (χ2n) is 5.80. The molecule has 4 nitrogen and oxygen atoms in total. The molecule has 0 atom stereocenters. The minimum atomic E-state index is -0.439. The van der Waals surface area contributed by atoms with Crippen LogP contribution in [0.4, 0.5) is 21.5 Å². The minimum Gasteiger partial charge on any atom is -0.464 e. The Balaban J connectivity index is 1.48. The highest BCUT2D eigenvalue weighted by Crippen LogP contribution is 2.27. The molecule has 0 aliphatic heterocycles. The van der Waals surface area contributed by atoms with Crippen LogP contribution in [0.3, 0.4) is 0 Å². The zero-order valence-corrected chi connectivity index (χ0v) is 13.7. The number of nitrogens with one attached hydrogen (secondary N) is 2. The van der Waals surface area contributed by atoms with Gasteiger partial charge in [0.15, 0.2) is 0 Å². The number of carbonyl (C=O) groups excluding carboxylic acids is 1. The van der Waals surface area contributed by atoms with Gasteiger partial charge in [0.1, 0.15) is 11.4 Å². The third-order valence-corrected chi connectivity index (χ3v) is 4.00. The maximum absolute atomic E-state index is 13.2. The van der Waals surface area contributed by atoms with Gasteiger partial charge in [-0.1, -0.05) is 12.1 Å². The number of hydrogen-bond donors (Lipinski definition) is 2. The van der Waals surface area contributed by atoms with E-state index >= 15 is 0 Å². The van der Waals surface area contributed by atoms with Gasteiger partial charge in [0.05, 0.1) is 6.26 Å². The lowest BCUT2D eigenvalue weighted by Gasteiger charge is -2.09. The van der Waals surface area contributed by atoms with Crippen LogP contribution in [0.15, 0.2) is 83.5 Å². The van der Waals surface area contributed by atoms with Crippen molar-refractivity contribution < 1.29 is 13.6 Å². The normalized spacial score (nSPS) is 10.7. The molecule has 5 heteroatoms. The molecule has 0 spiro atoms. The molecule has 26 heavy (non-hydrogen) atoms. The van der Waals surface area contributed by atoms with Gasteiger partial charge < -0.3 is 15.1 Å². The van der Waals surface area contributed by atoms with E-state index in [4.69, 9.17) is 4.42 Å². The lowest BCUT2D eigenvalue weighted by atomic mass is 10.2. The maximum atomic E-state index is 13.2. The first-order valence-corrected chi connectivity index (χ1v) is 8.09. The van der Waals surface area contributed by atoms with Crippen LogP contribution in [-0.2, 0) is 0 Å². The van der Waals surface area contributed by atoms with Crippen molar-refractivity contribution in [2.24, 2.45) is 0 Å². The third kappa shape index (κ3) is 3.28. The average molecular weight is 346 g/mol. The van der Waals surface area contributed by atoms with Crippen LogP contribution in [0, 0.1) is 5.82 Å². The molecule has 2 N–H and O–H groups in total. The lowest BCUT2D eigenvalue weighted by Crippen LogP contribution is -2.11. The van der Waals surface area contributed by atoms with E-state index in [1.807, 2.05) is 36.4 Å². The van der Waals surface area contributed by atoms with Crippen molar-refractivity contribution in [3.05, 3.63) is 90.4 Å². The van der Waals surface area contributed by atoms with Crippen molar-refractivity contribution in [1.29, 1.82) is 0 Å². The number of rotatable bonds is 4. The Morgan fingerprint density at radius 3 is 2.46 bits per heavy atom. The Morgan fingerprint density at radius 1 is 0.885 bits per heavy atom. The van der Waals surface area contributed by atoms with Crippen molar-refractivity contribution in [3.63, 3.8) is 0 Å². The number of halogens is 1. The zero-order chi connectivity index (χ0) is 17.9. The summed E-state index contributed by atoms with van der Waals surface area (Å²) in [6.07, 6.45) is 1.65. The van der Waals surface area contributed by atoms with Crippen LogP contribution in [0.25, 0.3) is 11.0 Å². The number of anilines is 3. The van der Waals surface area contributed by atoms with E-state index < -0.39 is 5.82 Å². The molecule has 0 bridgehead atoms. The molecule has 4 rings (SSSR count). The summed E-state index contributed by atoms with van der Waals surface area (Å²) in [6, 6.07) is 20.6. The average Bonchev–Trinajstić information content (AvgIpc) is 3.13. The van der Waals surface area contributed by atoms with Crippen molar-refractivity contribution in [1.82, 2.24) is 0 Å². The summed E-state index contributed by atoms with van der Waals surface area (Å²) in [5.74, 6) is -0.793. The largest absolute Gasteiger partial charge is 0.464 e. The fourth-order valence-electron chi connectivity index (χ4n) is 2.73. The van der Waals surface area contributed by atoms with E-state index in [0.29, 0.717) is 5.69 Å². The smallest absolute Gasteiger partial charge is 0.255 e. The fraction of sp³-hybridized carbons (Fsp3) is 0. The summed E-state index contributed by atoms with van der Waals surface area (Å²) in [4.78, 5) is 12.2. The van der Waals surface area contributed by atoms with E-state index in [1.54, 1.807) is 24.5 Å². The first-order chi connectivity index (χ1) is 12.7. The van der Waals surface area contributed by atoms with Crippen molar-refractivity contribution in [2.75, 3.05) is 10.6 Å². The fourth-order valence-corrected chi connectivity index (χ4v) is 2.73. The van der Waals surface area contributed by atoms with Gasteiger partial charge in [-0.3, -0.25) is 4.79 Å². The molecule has 0 aliphatic carbocycles. The Hall–Kier alpha value is -3.60. The monoisotopic (exact) mass is 346 g/mol. The van der Waals surface area contributed by atoms with E-state index in [-0.39, 0.29) is 11.5 Å². The predicted octanol–water partition coefficient (Wildman–Crippen LogP) is 5.57. The third-order valence-electron chi connectivity index (χ3n) is 4.00. The van der Waals surface area contributed by atoms with Crippen LogP contribution in [-0.4, -0.2) is 5.91 Å². The van der Waals surface area contributed by atoms with E-state index in [1.165, 1.54) is 18.2 Å². The maximum Gasteiger partial charge on any atom is 0.255 e. The van der Waals surface area contributed by atoms with Gasteiger partial charge in [-0.05, 0) is 60.7 Å². The number of hydrogen-bond acceptors (Lipinski definition) is 3. The predicted molar refractivity (Wildman–Crippen MR) is 100 cm³/mol. The zero-order valence-electron chi connectivity index (χ0n) is 13.7. The quantitative estimate of drug-likeness (QED) is 0.508. The van der Waals surface area contributed by atoms with Gasteiger partial charge in [0, 0.05) is 28.0 Å². The van der Waals surface area contributed by atoms with Crippen LogP contribution >= 0.6 is 0 Å². The first kappa shape index (κ1) is 15.9. The highest BCUT2D eigenvalue weighted by molar-refractivity contribution is 6.04. The second-order valence-corrected chi connectivity index (χ2v) is 5.80. The Bertz CT molecular complexity index is 1070. The van der Waals surface area contributed by atoms with Crippen LogP contribution in [0.2, 0.25) is 0 Å². The Kier molecular flexibility index (Phi) is 4.11. The molecule has 0 fully saturated rings. The van der Waals surface area contributed by atoms with Gasteiger partial charge in [-0.15, -0.1) is 0 Å². The molecule has 1 aromatic heterocycles. The van der Waals surface area contributed by atoms with Gasteiger partial charge >= 0.3 is 0 Å². The molecular formula is C21H15FN2O2. The van der Waals surface area contributed by atoms with E-state index in [0.717, 1.165) is 22.3 Å². The van der Waals surface area contributed by atoms with Gasteiger partial charge in [-0.25, -0.2) is 4.39 Å². The molecule has 0 unspecified atom stereocenters. The summed E-state index contributed by atoms with van der Waals surface area (Å²) in [5, 5.41) is 7.08. The standard InChI is InChI=1S/C21H15FN2O2/c22-15-4-1-3-14(13-15)21(25)24-17-9-7-16(8-10-17)23-19-5-2-6-20-18(19)11-12-26-20/h1-13,23H,(H,24,25). The molecule has 0 radical (unpaired) electrons. The van der Waals surface area contributed by atoms with E-state index in [9.17, 15) is 9.18 Å². The van der Waals surface area contributed by atoms with Crippen molar-refractivity contribution in [2.45, 2.75) is 0 Å². The van der Waals surface area contributed by atoms with Crippen molar-refractivity contribution in [3.8, 4) is 0 Å². The van der Waals surface area contributed by atoms with E-state index in [2.05, 4.69) is 10.6 Å². The molecule has 1 heterocycles. The summed E-state index contributed by atoms with van der Waals surface area (Å²) in [6.45, 7) is 0. The lowest BCUT2D eigenvalue weighted by molar-refractivity contribution is 0.102. The first-order valence-electron chi connectivity index (χ1n) is 8.09. The number of benzene rings is 3. The summed E-state index contributed by atoms with van der Waals surface area (Å²) >= 11 is 0. The molecular weight excluding hydrogens is 331 g/mol. The summed E-state index contributed by atoms with van der Waals surface area (Å²) < 4.78 is 18.6. The topological polar surface area (TPSA) is 54.3 Å². The van der Waals surface area contributed by atoms with Gasteiger partial charge in [0.2, 0.25) is 0 Å². The number of carbonyl (C=O) groups is 1.